The van der Waals surface area contributed by atoms with Gasteiger partial charge in [-0.3, -0.25) is 19.7 Å². The van der Waals surface area contributed by atoms with Gasteiger partial charge in [-0.2, -0.15) is 0 Å². The van der Waals surface area contributed by atoms with Crippen molar-refractivity contribution < 1.29 is 19.2 Å². The molecule has 0 bridgehead atoms. The first-order valence-corrected chi connectivity index (χ1v) is 6.89. The maximum atomic E-state index is 12.7. The van der Waals surface area contributed by atoms with Crippen LogP contribution in [0, 0.1) is 20.9 Å². The Morgan fingerprint density at radius 2 is 1.73 bits per heavy atom. The number of ketones is 1. The van der Waals surface area contributed by atoms with Crippen LogP contribution in [0.25, 0.3) is 0 Å². The van der Waals surface area contributed by atoms with Crippen molar-refractivity contribution in [3.05, 3.63) is 39.9 Å². The van der Waals surface area contributed by atoms with Crippen molar-refractivity contribution in [3.8, 4) is 0 Å². The van der Waals surface area contributed by atoms with Gasteiger partial charge in [0.1, 0.15) is 5.41 Å². The first kappa shape index (κ1) is 17.8. The van der Waals surface area contributed by atoms with Gasteiger partial charge in [0.15, 0.2) is 5.78 Å². The normalized spacial score (nSPS) is 14.0. The van der Waals surface area contributed by atoms with Gasteiger partial charge < -0.3 is 4.74 Å². The van der Waals surface area contributed by atoms with Gasteiger partial charge >= 0.3 is 5.97 Å². The van der Waals surface area contributed by atoms with Gasteiger partial charge in [-0.25, -0.2) is 0 Å². The van der Waals surface area contributed by atoms with E-state index in [0.29, 0.717) is 5.56 Å². The Hall–Kier alpha value is -2.24. The standard InChI is InChI=1S/C16H21NO5/c1-15(2,3)13(18)16(4,14(19)22-5)10-11-8-6-7-9-12(11)17(20)21/h6-9H,10H2,1-5H3. The topological polar surface area (TPSA) is 86.5 Å². The third kappa shape index (κ3) is 3.50. The quantitative estimate of drug-likeness (QED) is 0.361. The number of methoxy groups -OCH3 is 1. The fourth-order valence-corrected chi connectivity index (χ4v) is 2.52. The largest absolute Gasteiger partial charge is 0.468 e. The lowest BCUT2D eigenvalue weighted by atomic mass is 9.70. The van der Waals surface area contributed by atoms with E-state index in [4.69, 9.17) is 4.74 Å². The van der Waals surface area contributed by atoms with Crippen molar-refractivity contribution in [3.63, 3.8) is 0 Å². The second kappa shape index (κ2) is 6.25. The number of carbonyl (C=O) groups is 2. The number of para-hydroxylation sites is 1. The van der Waals surface area contributed by atoms with Crippen LogP contribution in [0.15, 0.2) is 24.3 Å². The molecule has 0 radical (unpaired) electrons. The van der Waals surface area contributed by atoms with Crippen LogP contribution in [0.4, 0.5) is 5.69 Å². The summed E-state index contributed by atoms with van der Waals surface area (Å²) in [6.07, 6.45) is -0.0765. The molecule has 1 atom stereocenters. The van der Waals surface area contributed by atoms with Crippen molar-refractivity contribution in [2.45, 2.75) is 34.1 Å². The molecule has 6 nitrogen and oxygen atoms in total. The molecule has 0 spiro atoms. The Morgan fingerprint density at radius 3 is 2.18 bits per heavy atom. The molecule has 0 aliphatic carbocycles. The van der Waals surface area contributed by atoms with Gasteiger partial charge in [0.25, 0.3) is 5.69 Å². The molecule has 0 aromatic heterocycles. The molecule has 1 aromatic rings. The Balaban J connectivity index is 3.36. The minimum Gasteiger partial charge on any atom is -0.468 e. The summed E-state index contributed by atoms with van der Waals surface area (Å²) in [5.74, 6) is -1.00. The number of carbonyl (C=O) groups excluding carboxylic acids is 2. The number of hydrogen-bond donors (Lipinski definition) is 0. The number of nitrogens with zero attached hydrogens (tertiary/aromatic N) is 1. The van der Waals surface area contributed by atoms with E-state index in [1.54, 1.807) is 39.0 Å². The molecule has 0 aliphatic rings. The summed E-state index contributed by atoms with van der Waals surface area (Å²) in [5, 5.41) is 11.1. The third-order valence-corrected chi connectivity index (χ3v) is 3.55. The maximum Gasteiger partial charge on any atom is 0.319 e. The van der Waals surface area contributed by atoms with E-state index in [1.165, 1.54) is 20.1 Å². The maximum absolute atomic E-state index is 12.7. The zero-order chi connectivity index (χ0) is 17.1. The van der Waals surface area contributed by atoms with Crippen LogP contribution in [0.2, 0.25) is 0 Å². The first-order chi connectivity index (χ1) is 10.0. The molecule has 0 amide bonds. The minimum atomic E-state index is -1.47. The Bertz CT molecular complexity index is 603. The van der Waals surface area contributed by atoms with Gasteiger partial charge in [-0.15, -0.1) is 0 Å². The zero-order valence-electron chi connectivity index (χ0n) is 13.5. The molecule has 1 unspecified atom stereocenters. The van der Waals surface area contributed by atoms with E-state index in [0.717, 1.165) is 0 Å². The molecule has 0 saturated heterocycles. The average molecular weight is 307 g/mol. The summed E-state index contributed by atoms with van der Waals surface area (Å²) >= 11 is 0. The second-order valence-corrected chi connectivity index (χ2v) is 6.47. The predicted molar refractivity (Wildman–Crippen MR) is 81.4 cm³/mol. The minimum absolute atomic E-state index is 0.0765. The fraction of sp³-hybridized carbons (Fsp3) is 0.500. The lowest BCUT2D eigenvalue weighted by Crippen LogP contribution is -2.45. The van der Waals surface area contributed by atoms with Gasteiger partial charge in [-0.1, -0.05) is 39.0 Å². The molecule has 0 saturated carbocycles. The molecular formula is C16H21NO5. The lowest BCUT2D eigenvalue weighted by molar-refractivity contribution is -0.385. The van der Waals surface area contributed by atoms with Crippen LogP contribution < -0.4 is 0 Å². The molecule has 22 heavy (non-hydrogen) atoms. The van der Waals surface area contributed by atoms with Crippen LogP contribution in [-0.2, 0) is 20.7 Å². The van der Waals surface area contributed by atoms with Crippen LogP contribution >= 0.6 is 0 Å². The number of esters is 1. The van der Waals surface area contributed by atoms with Crippen molar-refractivity contribution in [2.75, 3.05) is 7.11 Å². The van der Waals surface area contributed by atoms with Gasteiger partial charge in [-0.05, 0) is 6.92 Å². The number of rotatable bonds is 5. The van der Waals surface area contributed by atoms with Gasteiger partial charge in [0.2, 0.25) is 0 Å². The molecule has 1 aromatic carbocycles. The summed E-state index contributed by atoms with van der Waals surface area (Å²) in [5.41, 5.74) is -2.02. The predicted octanol–water partition coefficient (Wildman–Crippen LogP) is 2.93. The van der Waals surface area contributed by atoms with Crippen LogP contribution in [0.1, 0.15) is 33.3 Å². The van der Waals surface area contributed by atoms with Crippen molar-refractivity contribution in [2.24, 2.45) is 10.8 Å². The third-order valence-electron chi connectivity index (χ3n) is 3.55. The van der Waals surface area contributed by atoms with E-state index in [1.807, 2.05) is 0 Å². The van der Waals surface area contributed by atoms with Crippen LogP contribution in [0.3, 0.4) is 0 Å². The summed E-state index contributed by atoms with van der Waals surface area (Å²) in [6.45, 7) is 6.59. The van der Waals surface area contributed by atoms with E-state index in [9.17, 15) is 19.7 Å². The molecule has 1 rings (SSSR count). The Kier molecular flexibility index (Phi) is 5.06. The first-order valence-electron chi connectivity index (χ1n) is 6.89. The Labute approximate surface area is 129 Å². The highest BCUT2D eigenvalue weighted by Gasteiger charge is 2.47. The van der Waals surface area contributed by atoms with Gasteiger partial charge in [0, 0.05) is 23.5 Å². The van der Waals surface area contributed by atoms with Gasteiger partial charge in [0.05, 0.1) is 12.0 Å². The summed E-state index contributed by atoms with van der Waals surface area (Å²) < 4.78 is 4.77. The van der Waals surface area contributed by atoms with E-state index < -0.39 is 21.7 Å². The number of nitro benzene ring substituents is 1. The number of hydrogen-bond acceptors (Lipinski definition) is 5. The summed E-state index contributed by atoms with van der Waals surface area (Å²) in [4.78, 5) is 35.5. The van der Waals surface area contributed by atoms with Crippen LogP contribution in [-0.4, -0.2) is 23.8 Å². The Morgan fingerprint density at radius 1 is 1.18 bits per heavy atom. The number of nitro groups is 1. The lowest BCUT2D eigenvalue weighted by Gasteiger charge is -2.31. The highest BCUT2D eigenvalue weighted by molar-refractivity contribution is 6.06. The summed E-state index contributed by atoms with van der Waals surface area (Å²) in [7, 11) is 1.20. The zero-order valence-corrected chi connectivity index (χ0v) is 13.5. The van der Waals surface area contributed by atoms with E-state index in [-0.39, 0.29) is 17.9 Å². The molecular weight excluding hydrogens is 286 g/mol. The van der Waals surface area contributed by atoms with E-state index >= 15 is 0 Å². The number of benzene rings is 1. The molecule has 0 heterocycles. The number of ether oxygens (including phenoxy) is 1. The van der Waals surface area contributed by atoms with Crippen molar-refractivity contribution in [1.82, 2.24) is 0 Å². The molecule has 6 heteroatoms. The monoisotopic (exact) mass is 307 g/mol. The van der Waals surface area contributed by atoms with Crippen LogP contribution in [0.5, 0.6) is 0 Å². The number of Topliss-reactive ketones (excluding diaryl/α,β-unsaturated/α-hetero) is 1. The average Bonchev–Trinajstić information content (AvgIpc) is 2.44. The summed E-state index contributed by atoms with van der Waals surface area (Å²) in [6, 6.07) is 6.09. The van der Waals surface area contributed by atoms with Crippen molar-refractivity contribution >= 4 is 17.4 Å². The fourth-order valence-electron chi connectivity index (χ4n) is 2.52. The molecule has 0 aliphatic heterocycles. The smallest absolute Gasteiger partial charge is 0.319 e. The molecule has 0 fully saturated rings. The highest BCUT2D eigenvalue weighted by atomic mass is 16.6. The highest BCUT2D eigenvalue weighted by Crippen LogP contribution is 2.36. The van der Waals surface area contributed by atoms with Crippen molar-refractivity contribution in [1.29, 1.82) is 0 Å². The second-order valence-electron chi connectivity index (χ2n) is 6.47. The van der Waals surface area contributed by atoms with E-state index in [2.05, 4.69) is 0 Å². The SMILES string of the molecule is COC(=O)C(C)(Cc1ccccc1[N+](=O)[O-])C(=O)C(C)(C)C. The molecule has 0 N–H and O–H groups in total. The molecule has 120 valence electrons.